The summed E-state index contributed by atoms with van der Waals surface area (Å²) in [6.07, 6.45) is 3.08. The third-order valence-corrected chi connectivity index (χ3v) is 6.13. The van der Waals surface area contributed by atoms with Gasteiger partial charge >= 0.3 is 0 Å². The van der Waals surface area contributed by atoms with Crippen LogP contribution >= 0.6 is 0 Å². The van der Waals surface area contributed by atoms with Gasteiger partial charge in [0.2, 0.25) is 0 Å². The first kappa shape index (κ1) is 25.1. The van der Waals surface area contributed by atoms with Crippen LogP contribution in [0.25, 0.3) is 5.76 Å². The Kier molecular flexibility index (Phi) is 7.48. The smallest absolute Gasteiger partial charge is 0.300 e. The summed E-state index contributed by atoms with van der Waals surface area (Å²) in [5.41, 5.74) is 1.63. The average molecular weight is 492 g/mol. The quantitative estimate of drug-likeness (QED) is 0.170. The fourth-order valence-corrected chi connectivity index (χ4v) is 4.30. The maximum absolute atomic E-state index is 14.1. The van der Waals surface area contributed by atoms with Crippen molar-refractivity contribution in [1.29, 1.82) is 0 Å². The van der Waals surface area contributed by atoms with Crippen LogP contribution in [0, 0.1) is 18.6 Å². The van der Waals surface area contributed by atoms with Gasteiger partial charge in [-0.2, -0.15) is 0 Å². The van der Waals surface area contributed by atoms with Crippen molar-refractivity contribution in [3.05, 3.63) is 101 Å². The van der Waals surface area contributed by atoms with Gasteiger partial charge in [-0.3, -0.25) is 14.5 Å². The minimum atomic E-state index is -1.15. The van der Waals surface area contributed by atoms with Crippen LogP contribution in [0.3, 0.4) is 0 Å². The zero-order valence-corrected chi connectivity index (χ0v) is 20.1. The summed E-state index contributed by atoms with van der Waals surface area (Å²) in [6, 6.07) is 15.7. The van der Waals surface area contributed by atoms with Gasteiger partial charge in [0.25, 0.3) is 11.7 Å². The number of carbonyl (C=O) groups is 2. The van der Waals surface area contributed by atoms with Crippen molar-refractivity contribution < 1.29 is 28.2 Å². The van der Waals surface area contributed by atoms with Gasteiger partial charge in [-0.05, 0) is 55.3 Å². The Morgan fingerprint density at radius 3 is 2.39 bits per heavy atom. The second-order valence-electron chi connectivity index (χ2n) is 8.76. The predicted octanol–water partition coefficient (Wildman–Crippen LogP) is 6.47. The molecule has 1 heterocycles. The summed E-state index contributed by atoms with van der Waals surface area (Å²) in [5.74, 6) is -3.80. The Morgan fingerprint density at radius 2 is 1.72 bits per heavy atom. The second-order valence-corrected chi connectivity index (χ2v) is 8.76. The minimum absolute atomic E-state index is 0.0115. The molecule has 0 aliphatic carbocycles. The van der Waals surface area contributed by atoms with Crippen LogP contribution in [0.15, 0.2) is 72.3 Å². The lowest BCUT2D eigenvalue weighted by atomic mass is 9.94. The number of aryl methyl sites for hydroxylation is 1. The van der Waals surface area contributed by atoms with E-state index < -0.39 is 29.4 Å². The van der Waals surface area contributed by atoms with E-state index in [1.54, 1.807) is 42.5 Å². The van der Waals surface area contributed by atoms with Crippen LogP contribution < -0.4 is 9.64 Å². The number of Topliss-reactive ketones (excluding diaryl/α,β-unsaturated/α-hetero) is 1. The van der Waals surface area contributed by atoms with Gasteiger partial charge in [-0.15, -0.1) is 0 Å². The number of rotatable bonds is 8. The number of unbranched alkanes of at least 4 members (excludes halogenated alkanes) is 2. The van der Waals surface area contributed by atoms with Crippen LogP contribution in [0.4, 0.5) is 14.5 Å². The molecule has 7 heteroatoms. The molecule has 1 aliphatic heterocycles. The SMILES string of the molecule is CCCCCOc1ccc(/C(O)=C2\C(=O)C(=O)N(c3ccc(F)c(F)c3)C2c2cccc(C)c2)cc1. The third-order valence-electron chi connectivity index (χ3n) is 6.13. The molecule has 0 saturated carbocycles. The van der Waals surface area contributed by atoms with E-state index in [-0.39, 0.29) is 17.0 Å². The molecule has 186 valence electrons. The Hall–Kier alpha value is -4.00. The molecule has 1 saturated heterocycles. The number of anilines is 1. The number of halogens is 2. The molecule has 5 nitrogen and oxygen atoms in total. The first-order chi connectivity index (χ1) is 17.3. The molecule has 0 spiro atoms. The number of carbonyl (C=O) groups excluding carboxylic acids is 2. The zero-order chi connectivity index (χ0) is 25.8. The van der Waals surface area contributed by atoms with E-state index in [2.05, 4.69) is 6.92 Å². The highest BCUT2D eigenvalue weighted by molar-refractivity contribution is 6.51. The predicted molar refractivity (Wildman–Crippen MR) is 134 cm³/mol. The first-order valence-corrected chi connectivity index (χ1v) is 11.9. The molecular weight excluding hydrogens is 464 g/mol. The molecule has 3 aromatic rings. The molecule has 0 aromatic heterocycles. The number of amides is 1. The summed E-state index contributed by atoms with van der Waals surface area (Å²) < 4.78 is 33.4. The Bertz CT molecular complexity index is 1320. The summed E-state index contributed by atoms with van der Waals surface area (Å²) >= 11 is 0. The maximum Gasteiger partial charge on any atom is 0.300 e. The number of benzene rings is 3. The van der Waals surface area contributed by atoms with Gasteiger partial charge in [0.05, 0.1) is 18.2 Å². The summed E-state index contributed by atoms with van der Waals surface area (Å²) in [6.45, 7) is 4.54. The van der Waals surface area contributed by atoms with Crippen molar-refractivity contribution in [1.82, 2.24) is 0 Å². The molecule has 1 fully saturated rings. The summed E-state index contributed by atoms with van der Waals surface area (Å²) in [7, 11) is 0. The highest BCUT2D eigenvalue weighted by atomic mass is 19.2. The molecule has 0 bridgehead atoms. The van der Waals surface area contributed by atoms with E-state index >= 15 is 0 Å². The number of aliphatic hydroxyl groups excluding tert-OH is 1. The van der Waals surface area contributed by atoms with E-state index in [1.165, 1.54) is 6.07 Å². The Labute approximate surface area is 208 Å². The van der Waals surface area contributed by atoms with Crippen LogP contribution in [-0.4, -0.2) is 23.4 Å². The molecule has 4 rings (SSSR count). The van der Waals surface area contributed by atoms with Gasteiger partial charge in [-0.25, -0.2) is 8.78 Å². The monoisotopic (exact) mass is 491 g/mol. The van der Waals surface area contributed by atoms with Crippen LogP contribution in [0.1, 0.15) is 48.9 Å². The van der Waals surface area contributed by atoms with Gasteiger partial charge in [0.15, 0.2) is 11.6 Å². The average Bonchev–Trinajstić information content (AvgIpc) is 3.14. The number of ether oxygens (including phenoxy) is 1. The number of aliphatic hydroxyl groups is 1. The topological polar surface area (TPSA) is 66.8 Å². The lowest BCUT2D eigenvalue weighted by molar-refractivity contribution is -0.132. The Balaban J connectivity index is 1.77. The molecule has 1 aliphatic rings. The molecule has 1 amide bonds. The molecule has 36 heavy (non-hydrogen) atoms. The van der Waals surface area contributed by atoms with Gasteiger partial charge in [-0.1, -0.05) is 49.6 Å². The van der Waals surface area contributed by atoms with E-state index in [0.717, 1.165) is 41.9 Å². The Morgan fingerprint density at radius 1 is 0.972 bits per heavy atom. The molecule has 1 N–H and O–H groups in total. The third kappa shape index (κ3) is 5.00. The molecule has 3 aromatic carbocycles. The second kappa shape index (κ2) is 10.7. The number of ketones is 1. The maximum atomic E-state index is 14.1. The van der Waals surface area contributed by atoms with Gasteiger partial charge in [0.1, 0.15) is 11.5 Å². The largest absolute Gasteiger partial charge is 0.507 e. The van der Waals surface area contributed by atoms with Crippen molar-refractivity contribution >= 4 is 23.1 Å². The zero-order valence-electron chi connectivity index (χ0n) is 20.1. The van der Waals surface area contributed by atoms with E-state index in [1.807, 2.05) is 13.0 Å². The lowest BCUT2D eigenvalue weighted by Crippen LogP contribution is -2.29. The standard InChI is InChI=1S/C29H27F2NO4/c1-3-4-5-15-36-22-12-9-19(10-13-22)27(33)25-26(20-8-6-7-18(2)16-20)32(29(35)28(25)34)21-11-14-23(30)24(31)17-21/h6-14,16-17,26,33H,3-5,15H2,1-2H3/b27-25+. The highest BCUT2D eigenvalue weighted by Gasteiger charge is 2.47. The number of nitrogens with zero attached hydrogens (tertiary/aromatic N) is 1. The van der Waals surface area contributed by atoms with E-state index in [9.17, 15) is 23.5 Å². The number of hydrogen-bond acceptors (Lipinski definition) is 4. The van der Waals surface area contributed by atoms with Gasteiger partial charge < -0.3 is 9.84 Å². The van der Waals surface area contributed by atoms with Crippen molar-refractivity contribution in [2.24, 2.45) is 0 Å². The summed E-state index contributed by atoms with van der Waals surface area (Å²) in [5, 5.41) is 11.2. The van der Waals surface area contributed by atoms with Crippen molar-refractivity contribution in [2.75, 3.05) is 11.5 Å². The normalized spacial score (nSPS) is 17.0. The van der Waals surface area contributed by atoms with Crippen LogP contribution in [-0.2, 0) is 9.59 Å². The van der Waals surface area contributed by atoms with Crippen LogP contribution in [0.2, 0.25) is 0 Å². The first-order valence-electron chi connectivity index (χ1n) is 11.9. The minimum Gasteiger partial charge on any atom is -0.507 e. The fraction of sp³-hybridized carbons (Fsp3) is 0.241. The molecule has 1 unspecified atom stereocenters. The number of hydrogen-bond donors (Lipinski definition) is 1. The van der Waals surface area contributed by atoms with Crippen molar-refractivity contribution in [3.63, 3.8) is 0 Å². The molecule has 0 radical (unpaired) electrons. The fourth-order valence-electron chi connectivity index (χ4n) is 4.30. The molecule has 1 atom stereocenters. The van der Waals surface area contributed by atoms with E-state index in [4.69, 9.17) is 4.74 Å². The molecular formula is C29H27F2NO4. The van der Waals surface area contributed by atoms with Crippen molar-refractivity contribution in [2.45, 2.75) is 39.2 Å². The summed E-state index contributed by atoms with van der Waals surface area (Å²) in [4.78, 5) is 27.4. The van der Waals surface area contributed by atoms with Crippen molar-refractivity contribution in [3.8, 4) is 5.75 Å². The van der Waals surface area contributed by atoms with E-state index in [0.29, 0.717) is 23.5 Å². The lowest BCUT2D eigenvalue weighted by Gasteiger charge is -2.25. The van der Waals surface area contributed by atoms with Gasteiger partial charge in [0, 0.05) is 17.3 Å². The van der Waals surface area contributed by atoms with Crippen LogP contribution in [0.5, 0.6) is 5.75 Å². The highest BCUT2D eigenvalue weighted by Crippen LogP contribution is 2.42.